The summed E-state index contributed by atoms with van der Waals surface area (Å²) in [5.41, 5.74) is 3.84. The fraction of sp³-hybridized carbons (Fsp3) is 0.0769. The molecular formula is C26H22ClN3O. The molecule has 1 atom stereocenters. The molecule has 1 N–H and O–H groups in total. The number of nitrogens with one attached hydrogen (secondary N) is 1. The van der Waals surface area contributed by atoms with E-state index in [1.807, 2.05) is 83.6 Å². The maximum absolute atomic E-state index is 12.7. The van der Waals surface area contributed by atoms with Crippen LogP contribution in [-0.4, -0.2) is 22.0 Å². The Morgan fingerprint density at radius 3 is 2.26 bits per heavy atom. The number of imidazole rings is 1. The van der Waals surface area contributed by atoms with Gasteiger partial charge in [0.15, 0.2) is 0 Å². The van der Waals surface area contributed by atoms with Gasteiger partial charge < -0.3 is 9.88 Å². The minimum atomic E-state index is -0.113. The Morgan fingerprint density at radius 1 is 0.935 bits per heavy atom. The van der Waals surface area contributed by atoms with Crippen LogP contribution in [0.15, 0.2) is 97.6 Å². The Balaban J connectivity index is 1.42. The van der Waals surface area contributed by atoms with Gasteiger partial charge in [0.1, 0.15) is 0 Å². The zero-order valence-electron chi connectivity index (χ0n) is 16.9. The zero-order valence-corrected chi connectivity index (χ0v) is 17.6. The summed E-state index contributed by atoms with van der Waals surface area (Å²) in [6.07, 6.45) is 9.45. The lowest BCUT2D eigenvalue weighted by Gasteiger charge is -2.20. The average Bonchev–Trinajstić information content (AvgIpc) is 3.34. The Morgan fingerprint density at radius 2 is 1.61 bits per heavy atom. The molecule has 4 aromatic rings. The van der Waals surface area contributed by atoms with Crippen molar-refractivity contribution in [2.75, 3.05) is 6.54 Å². The highest BCUT2D eigenvalue weighted by Gasteiger charge is 2.15. The minimum Gasteiger partial charge on any atom is -0.350 e. The fourth-order valence-electron chi connectivity index (χ4n) is 3.33. The summed E-state index contributed by atoms with van der Waals surface area (Å²) in [6, 6.07) is 25.2. The summed E-state index contributed by atoms with van der Waals surface area (Å²) in [5.74, 6) is -0.113. The number of nitrogens with zero attached hydrogens (tertiary/aromatic N) is 2. The second-order valence-electron chi connectivity index (χ2n) is 7.15. The number of amides is 1. The molecule has 3 aromatic carbocycles. The molecule has 4 nitrogen and oxygen atoms in total. The molecule has 154 valence electrons. The smallest absolute Gasteiger partial charge is 0.251 e. The lowest BCUT2D eigenvalue weighted by Crippen LogP contribution is -2.31. The number of carbonyl (C=O) groups is 1. The number of hydrogen-bond donors (Lipinski definition) is 1. The molecule has 0 spiro atoms. The van der Waals surface area contributed by atoms with E-state index in [2.05, 4.69) is 28.5 Å². The lowest BCUT2D eigenvalue weighted by molar-refractivity contribution is 0.0950. The van der Waals surface area contributed by atoms with E-state index in [1.54, 1.807) is 12.5 Å². The molecule has 0 aliphatic carbocycles. The third-order valence-electron chi connectivity index (χ3n) is 5.04. The van der Waals surface area contributed by atoms with Gasteiger partial charge in [-0.05, 0) is 41.0 Å². The normalized spacial score (nSPS) is 12.0. The van der Waals surface area contributed by atoms with Crippen molar-refractivity contribution >= 4 is 29.7 Å². The fourth-order valence-corrected chi connectivity index (χ4v) is 3.45. The van der Waals surface area contributed by atoms with Gasteiger partial charge in [-0.1, -0.05) is 78.4 Å². The molecule has 0 aliphatic heterocycles. The molecule has 5 heteroatoms. The highest BCUT2D eigenvalue weighted by atomic mass is 35.5. The van der Waals surface area contributed by atoms with Crippen LogP contribution in [0.3, 0.4) is 0 Å². The number of hydrogen-bond acceptors (Lipinski definition) is 2. The van der Waals surface area contributed by atoms with Crippen LogP contribution in [0.2, 0.25) is 5.02 Å². The van der Waals surface area contributed by atoms with Gasteiger partial charge in [-0.3, -0.25) is 4.79 Å². The van der Waals surface area contributed by atoms with E-state index < -0.39 is 0 Å². The first-order chi connectivity index (χ1) is 15.2. The lowest BCUT2D eigenvalue weighted by atomic mass is 10.1. The second-order valence-corrected chi connectivity index (χ2v) is 7.59. The SMILES string of the molecule is O=C(NCC(c1ccc(Cl)cc1)n1ccnc1)c1ccc(/C=C/c2ccccc2)cc1. The van der Waals surface area contributed by atoms with Crippen molar-refractivity contribution in [1.82, 2.24) is 14.9 Å². The average molecular weight is 428 g/mol. The molecule has 0 saturated carbocycles. The van der Waals surface area contributed by atoms with Crippen LogP contribution in [0.5, 0.6) is 0 Å². The van der Waals surface area contributed by atoms with E-state index in [0.29, 0.717) is 17.1 Å². The molecule has 4 rings (SSSR count). The maximum atomic E-state index is 12.7. The standard InChI is InChI=1S/C26H22ClN3O/c27-24-14-12-22(13-15-24)25(30-17-16-28-19-30)18-29-26(31)23-10-8-21(9-11-23)7-6-20-4-2-1-3-5-20/h1-17,19,25H,18H2,(H,29,31)/b7-6+. The van der Waals surface area contributed by atoms with Gasteiger partial charge >= 0.3 is 0 Å². The van der Waals surface area contributed by atoms with Gasteiger partial charge in [-0.2, -0.15) is 0 Å². The van der Waals surface area contributed by atoms with Crippen LogP contribution in [0.1, 0.15) is 33.1 Å². The summed E-state index contributed by atoms with van der Waals surface area (Å²) in [5, 5.41) is 3.72. The van der Waals surface area contributed by atoms with Crippen LogP contribution in [0.25, 0.3) is 12.2 Å². The monoisotopic (exact) mass is 427 g/mol. The van der Waals surface area contributed by atoms with Gasteiger partial charge in [-0.15, -0.1) is 0 Å². The van der Waals surface area contributed by atoms with Crippen molar-refractivity contribution in [2.45, 2.75) is 6.04 Å². The van der Waals surface area contributed by atoms with Crippen molar-refractivity contribution in [1.29, 1.82) is 0 Å². The van der Waals surface area contributed by atoms with E-state index in [4.69, 9.17) is 11.6 Å². The third-order valence-corrected chi connectivity index (χ3v) is 5.29. The van der Waals surface area contributed by atoms with Crippen molar-refractivity contribution in [3.05, 3.63) is 125 Å². The first-order valence-corrected chi connectivity index (χ1v) is 10.4. The van der Waals surface area contributed by atoms with Crippen molar-refractivity contribution in [3.63, 3.8) is 0 Å². The molecule has 31 heavy (non-hydrogen) atoms. The van der Waals surface area contributed by atoms with Gasteiger partial charge in [0, 0.05) is 29.5 Å². The van der Waals surface area contributed by atoms with E-state index in [1.165, 1.54) is 0 Å². The Hall–Kier alpha value is -3.63. The van der Waals surface area contributed by atoms with Gasteiger partial charge in [-0.25, -0.2) is 4.98 Å². The zero-order chi connectivity index (χ0) is 21.5. The molecule has 0 radical (unpaired) electrons. The first kappa shape index (κ1) is 20.6. The van der Waals surface area contributed by atoms with Gasteiger partial charge in [0.2, 0.25) is 0 Å². The highest BCUT2D eigenvalue weighted by Crippen LogP contribution is 2.20. The maximum Gasteiger partial charge on any atom is 0.251 e. The van der Waals surface area contributed by atoms with Crippen LogP contribution in [-0.2, 0) is 0 Å². The van der Waals surface area contributed by atoms with Crippen LogP contribution in [0.4, 0.5) is 0 Å². The predicted molar refractivity (Wildman–Crippen MR) is 126 cm³/mol. The third kappa shape index (κ3) is 5.50. The van der Waals surface area contributed by atoms with E-state index in [9.17, 15) is 4.79 Å². The quantitative estimate of drug-likeness (QED) is 0.383. The van der Waals surface area contributed by atoms with Gasteiger partial charge in [0.25, 0.3) is 5.91 Å². The molecular weight excluding hydrogens is 406 g/mol. The van der Waals surface area contributed by atoms with E-state index in [0.717, 1.165) is 16.7 Å². The number of benzene rings is 3. The molecule has 1 heterocycles. The van der Waals surface area contributed by atoms with Crippen LogP contribution >= 0.6 is 11.6 Å². The number of aromatic nitrogens is 2. The second kappa shape index (κ2) is 9.92. The van der Waals surface area contributed by atoms with Crippen molar-refractivity contribution < 1.29 is 4.79 Å². The number of halogens is 1. The Kier molecular flexibility index (Phi) is 6.60. The summed E-state index contributed by atoms with van der Waals surface area (Å²) >= 11 is 6.03. The van der Waals surface area contributed by atoms with Crippen molar-refractivity contribution in [2.24, 2.45) is 0 Å². The number of rotatable bonds is 7. The molecule has 0 fully saturated rings. The van der Waals surface area contributed by atoms with Crippen LogP contribution < -0.4 is 5.32 Å². The molecule has 1 unspecified atom stereocenters. The summed E-state index contributed by atoms with van der Waals surface area (Å²) < 4.78 is 1.97. The minimum absolute atomic E-state index is 0.0724. The summed E-state index contributed by atoms with van der Waals surface area (Å²) in [7, 11) is 0. The molecule has 1 amide bonds. The number of carbonyl (C=O) groups excluding carboxylic acids is 1. The molecule has 1 aromatic heterocycles. The highest BCUT2D eigenvalue weighted by molar-refractivity contribution is 6.30. The first-order valence-electron chi connectivity index (χ1n) is 10.0. The Labute approximate surface area is 186 Å². The topological polar surface area (TPSA) is 46.9 Å². The summed E-state index contributed by atoms with van der Waals surface area (Å²) in [6.45, 7) is 0.437. The summed E-state index contributed by atoms with van der Waals surface area (Å²) in [4.78, 5) is 16.9. The van der Waals surface area contributed by atoms with Gasteiger partial charge in [0.05, 0.1) is 12.4 Å². The molecule has 0 aliphatic rings. The Bertz CT molecular complexity index is 1140. The predicted octanol–water partition coefficient (Wildman–Crippen LogP) is 5.73. The largest absolute Gasteiger partial charge is 0.350 e. The molecule has 0 saturated heterocycles. The van der Waals surface area contributed by atoms with E-state index in [-0.39, 0.29) is 11.9 Å². The van der Waals surface area contributed by atoms with Crippen molar-refractivity contribution in [3.8, 4) is 0 Å². The van der Waals surface area contributed by atoms with Crippen LogP contribution in [0, 0.1) is 0 Å². The molecule has 0 bridgehead atoms. The van der Waals surface area contributed by atoms with E-state index >= 15 is 0 Å².